The average molecular weight is 402 g/mol. The number of hydrogen-bond acceptors (Lipinski definition) is 9. The van der Waals surface area contributed by atoms with E-state index in [0.29, 0.717) is 22.8 Å². The van der Waals surface area contributed by atoms with E-state index in [9.17, 15) is 13.2 Å². The number of carbonyl (C=O) groups excluding carboxylic acids is 1. The summed E-state index contributed by atoms with van der Waals surface area (Å²) in [6.45, 7) is 1.22. The van der Waals surface area contributed by atoms with E-state index in [1.54, 1.807) is 12.1 Å². The summed E-state index contributed by atoms with van der Waals surface area (Å²) in [5.74, 6) is 0.800. The van der Waals surface area contributed by atoms with E-state index in [2.05, 4.69) is 20.2 Å². The molecule has 0 aliphatic heterocycles. The van der Waals surface area contributed by atoms with Crippen molar-refractivity contribution in [3.63, 3.8) is 0 Å². The highest BCUT2D eigenvalue weighted by Gasteiger charge is 2.22. The van der Waals surface area contributed by atoms with Crippen LogP contribution in [0.3, 0.4) is 0 Å². The lowest BCUT2D eigenvalue weighted by Gasteiger charge is -2.15. The Morgan fingerprint density at radius 3 is 2.38 bits per heavy atom. The average Bonchev–Trinajstić information content (AvgIpc) is 3.07. The fraction of sp³-hybridized carbons (Fsp3) is 0.357. The van der Waals surface area contributed by atoms with Crippen LogP contribution in [0, 0.1) is 0 Å². The van der Waals surface area contributed by atoms with Gasteiger partial charge >= 0.3 is 0 Å². The van der Waals surface area contributed by atoms with E-state index in [4.69, 9.17) is 14.2 Å². The maximum atomic E-state index is 12.4. The normalized spacial score (nSPS) is 11.1. The number of ether oxygens (including phenoxy) is 3. The zero-order valence-corrected chi connectivity index (χ0v) is 16.2. The highest BCUT2D eigenvalue weighted by Crippen LogP contribution is 2.39. The molecule has 2 aromatic rings. The molecule has 2 N–H and O–H groups in total. The van der Waals surface area contributed by atoms with Gasteiger partial charge in [-0.3, -0.25) is 4.79 Å². The molecule has 1 amide bonds. The lowest BCUT2D eigenvalue weighted by atomic mass is 10.1. The molecule has 26 heavy (non-hydrogen) atoms. The summed E-state index contributed by atoms with van der Waals surface area (Å²) in [4.78, 5) is 11.0. The van der Waals surface area contributed by atoms with Crippen LogP contribution in [-0.2, 0) is 21.4 Å². The first-order valence-electron chi connectivity index (χ1n) is 7.21. The minimum absolute atomic E-state index is 0.0685. The minimum atomic E-state index is -3.92. The third-order valence-electron chi connectivity index (χ3n) is 3.16. The second-order valence-corrected chi connectivity index (χ2v) is 7.79. The number of aromatic nitrogens is 2. The van der Waals surface area contributed by atoms with Crippen LogP contribution >= 0.6 is 11.3 Å². The minimum Gasteiger partial charge on any atom is -0.493 e. The summed E-state index contributed by atoms with van der Waals surface area (Å²) in [6, 6.07) is 3.30. The number of hydrogen-bond donors (Lipinski definition) is 2. The van der Waals surface area contributed by atoms with Crippen molar-refractivity contribution in [1.29, 1.82) is 0 Å². The summed E-state index contributed by atoms with van der Waals surface area (Å²) < 4.78 is 42.7. The van der Waals surface area contributed by atoms with Gasteiger partial charge < -0.3 is 19.5 Å². The molecule has 0 fully saturated rings. The molecule has 0 unspecified atom stereocenters. The van der Waals surface area contributed by atoms with Gasteiger partial charge in [0.1, 0.15) is 0 Å². The second-order valence-electron chi connectivity index (χ2n) is 4.87. The number of benzene rings is 1. The number of anilines is 1. The smallest absolute Gasteiger partial charge is 0.270 e. The number of amides is 1. The number of rotatable bonds is 8. The summed E-state index contributed by atoms with van der Waals surface area (Å²) in [5.41, 5.74) is 0.542. The largest absolute Gasteiger partial charge is 0.493 e. The van der Waals surface area contributed by atoms with Crippen molar-refractivity contribution >= 4 is 32.4 Å². The summed E-state index contributed by atoms with van der Waals surface area (Å²) in [7, 11) is 0.472. The van der Waals surface area contributed by atoms with Gasteiger partial charge in [-0.05, 0) is 6.07 Å². The van der Waals surface area contributed by atoms with Crippen molar-refractivity contribution in [2.75, 3.05) is 26.6 Å². The molecule has 0 bridgehead atoms. The Balaban J connectivity index is 2.22. The maximum absolute atomic E-state index is 12.4. The first-order chi connectivity index (χ1) is 12.3. The van der Waals surface area contributed by atoms with Gasteiger partial charge in [0, 0.05) is 19.0 Å². The Morgan fingerprint density at radius 2 is 1.81 bits per heavy atom. The summed E-state index contributed by atoms with van der Waals surface area (Å²) in [5, 5.41) is 9.68. The Morgan fingerprint density at radius 1 is 1.12 bits per heavy atom. The van der Waals surface area contributed by atoms with Crippen LogP contribution in [0.4, 0.5) is 5.13 Å². The van der Waals surface area contributed by atoms with Crippen LogP contribution < -0.4 is 24.2 Å². The van der Waals surface area contributed by atoms with Gasteiger partial charge in [0.05, 0.1) is 21.3 Å². The van der Waals surface area contributed by atoms with Gasteiger partial charge in [-0.15, -0.1) is 10.2 Å². The molecule has 10 nitrogen and oxygen atoms in total. The maximum Gasteiger partial charge on any atom is 0.270 e. The summed E-state index contributed by atoms with van der Waals surface area (Å²) >= 11 is 0.746. The van der Waals surface area contributed by atoms with E-state index >= 15 is 0 Å². The molecule has 0 radical (unpaired) electrons. The zero-order valence-electron chi connectivity index (χ0n) is 14.5. The predicted molar refractivity (Wildman–Crippen MR) is 94.3 cm³/mol. The molecule has 2 rings (SSSR count). The Bertz CT molecular complexity index is 897. The van der Waals surface area contributed by atoms with E-state index in [1.165, 1.54) is 28.3 Å². The number of methoxy groups -OCH3 is 3. The van der Waals surface area contributed by atoms with Gasteiger partial charge in [0.25, 0.3) is 10.0 Å². The molecule has 0 atom stereocenters. The van der Waals surface area contributed by atoms with Crippen LogP contribution in [0.15, 0.2) is 16.5 Å². The van der Waals surface area contributed by atoms with E-state index < -0.39 is 10.0 Å². The number of sulfonamides is 1. The highest BCUT2D eigenvalue weighted by atomic mass is 32.2. The fourth-order valence-corrected chi connectivity index (χ4v) is 4.05. The van der Waals surface area contributed by atoms with Gasteiger partial charge in [-0.1, -0.05) is 17.4 Å². The number of carbonyl (C=O) groups is 1. The molecule has 0 aliphatic carbocycles. The molecule has 0 spiro atoms. The van der Waals surface area contributed by atoms with Crippen LogP contribution in [0.1, 0.15) is 12.5 Å². The monoisotopic (exact) mass is 402 g/mol. The van der Waals surface area contributed by atoms with E-state index in [1.807, 2.05) is 0 Å². The topological polar surface area (TPSA) is 129 Å². The molecule has 142 valence electrons. The fourth-order valence-electron chi connectivity index (χ4n) is 2.06. The second kappa shape index (κ2) is 8.29. The van der Waals surface area contributed by atoms with Crippen molar-refractivity contribution in [3.8, 4) is 17.2 Å². The van der Waals surface area contributed by atoms with Gasteiger partial charge in [-0.2, -0.15) is 0 Å². The third kappa shape index (κ3) is 4.39. The molecule has 1 aromatic heterocycles. The first kappa shape index (κ1) is 19.9. The van der Waals surface area contributed by atoms with Crippen molar-refractivity contribution in [3.05, 3.63) is 17.7 Å². The number of nitrogens with one attached hydrogen (secondary N) is 2. The van der Waals surface area contributed by atoms with Gasteiger partial charge in [0.15, 0.2) is 11.5 Å². The Hall–Kier alpha value is -2.44. The van der Waals surface area contributed by atoms with Crippen molar-refractivity contribution in [2.24, 2.45) is 0 Å². The first-order valence-corrected chi connectivity index (χ1v) is 9.51. The third-order valence-corrected chi connectivity index (χ3v) is 5.77. The van der Waals surface area contributed by atoms with Crippen molar-refractivity contribution in [1.82, 2.24) is 14.9 Å². The van der Waals surface area contributed by atoms with E-state index in [-0.39, 0.29) is 21.9 Å². The molecule has 1 heterocycles. The molecule has 1 aromatic carbocycles. The van der Waals surface area contributed by atoms with Crippen LogP contribution in [-0.4, -0.2) is 45.9 Å². The van der Waals surface area contributed by atoms with Gasteiger partial charge in [0.2, 0.25) is 21.1 Å². The van der Waals surface area contributed by atoms with E-state index in [0.717, 1.165) is 11.3 Å². The zero-order chi connectivity index (χ0) is 19.3. The summed E-state index contributed by atoms with van der Waals surface area (Å²) in [6.07, 6.45) is 0. The molecular formula is C14H18N4O6S2. The molecule has 0 saturated carbocycles. The molecule has 0 aliphatic rings. The predicted octanol–water partition coefficient (Wildman–Crippen LogP) is 1.00. The van der Waals surface area contributed by atoms with Gasteiger partial charge in [-0.25, -0.2) is 13.1 Å². The molecule has 12 heteroatoms. The highest BCUT2D eigenvalue weighted by molar-refractivity contribution is 7.91. The SMILES string of the molecule is COc1ccc(CNS(=O)(=O)c2nnc(NC(C)=O)s2)c(OC)c1OC. The van der Waals surface area contributed by atoms with Crippen molar-refractivity contribution < 1.29 is 27.4 Å². The van der Waals surface area contributed by atoms with Crippen LogP contribution in [0.5, 0.6) is 17.2 Å². The molecular weight excluding hydrogens is 384 g/mol. The van der Waals surface area contributed by atoms with Crippen LogP contribution in [0.2, 0.25) is 0 Å². The molecule has 0 saturated heterocycles. The number of nitrogens with zero attached hydrogens (tertiary/aromatic N) is 2. The quantitative estimate of drug-likeness (QED) is 0.626. The standard InChI is InChI=1S/C14H18N4O6S2/c1-8(19)16-13-17-18-14(25-13)26(20,21)15-7-9-5-6-10(22-2)12(24-4)11(9)23-3/h5-6,15H,7H2,1-4H3,(H,16,17,19). The Labute approximate surface area is 154 Å². The Kier molecular flexibility index (Phi) is 6.34. The lowest BCUT2D eigenvalue weighted by Crippen LogP contribution is -2.23. The van der Waals surface area contributed by atoms with Crippen molar-refractivity contribution in [2.45, 2.75) is 17.8 Å². The lowest BCUT2D eigenvalue weighted by molar-refractivity contribution is -0.114. The van der Waals surface area contributed by atoms with Crippen LogP contribution in [0.25, 0.3) is 0 Å².